The molecule has 4 rings (SSSR count). The van der Waals surface area contributed by atoms with Gasteiger partial charge in [-0.25, -0.2) is 4.98 Å². The van der Waals surface area contributed by atoms with E-state index >= 15 is 0 Å². The minimum atomic E-state index is -0.143. The molecule has 1 aromatic carbocycles. The number of likely N-dealkylation sites (tertiary alicyclic amines) is 1. The molecule has 6 nitrogen and oxygen atoms in total. The van der Waals surface area contributed by atoms with Crippen molar-refractivity contribution in [2.24, 2.45) is 0 Å². The molecule has 1 amide bonds. The molecule has 0 atom stereocenters. The van der Waals surface area contributed by atoms with Gasteiger partial charge in [0, 0.05) is 23.5 Å². The van der Waals surface area contributed by atoms with Crippen LogP contribution in [0.4, 0.5) is 0 Å². The van der Waals surface area contributed by atoms with Gasteiger partial charge in [-0.05, 0) is 57.7 Å². The summed E-state index contributed by atoms with van der Waals surface area (Å²) >= 11 is 1.52. The lowest BCUT2D eigenvalue weighted by atomic mass is 10.0. The van der Waals surface area contributed by atoms with Crippen LogP contribution in [-0.2, 0) is 11.3 Å². The number of aromatic nitrogens is 2. The fourth-order valence-corrected chi connectivity index (χ4v) is 5.17. The summed E-state index contributed by atoms with van der Waals surface area (Å²) in [6.45, 7) is 7.97. The predicted molar refractivity (Wildman–Crippen MR) is 120 cm³/mol. The number of thiophene rings is 1. The van der Waals surface area contributed by atoms with Crippen LogP contribution in [0.2, 0.25) is 0 Å². The molecule has 0 saturated carbocycles. The first kappa shape index (κ1) is 20.6. The molecule has 30 heavy (non-hydrogen) atoms. The smallest absolute Gasteiger partial charge is 0.263 e. The topological polar surface area (TPSA) is 64.4 Å². The molecule has 0 unspecified atom stereocenters. The Bertz CT molecular complexity index is 1130. The number of amides is 1. The average Bonchev–Trinajstić information content (AvgIpc) is 3.08. The second-order valence-corrected chi connectivity index (χ2v) is 8.87. The second-order valence-electron chi connectivity index (χ2n) is 7.66. The summed E-state index contributed by atoms with van der Waals surface area (Å²) in [6, 6.07) is 7.79. The van der Waals surface area contributed by atoms with E-state index in [4.69, 9.17) is 4.74 Å². The Balaban J connectivity index is 1.75. The van der Waals surface area contributed by atoms with E-state index in [0.29, 0.717) is 17.8 Å². The van der Waals surface area contributed by atoms with Crippen LogP contribution < -0.4 is 10.3 Å². The van der Waals surface area contributed by atoms with Crippen molar-refractivity contribution in [3.63, 3.8) is 0 Å². The summed E-state index contributed by atoms with van der Waals surface area (Å²) in [4.78, 5) is 34.6. The first-order chi connectivity index (χ1) is 14.5. The number of hydrogen-bond acceptors (Lipinski definition) is 5. The summed E-state index contributed by atoms with van der Waals surface area (Å²) in [7, 11) is 0. The predicted octanol–water partition coefficient (Wildman–Crippen LogP) is 4.15. The third-order valence-corrected chi connectivity index (χ3v) is 6.63. The van der Waals surface area contributed by atoms with Crippen molar-refractivity contribution < 1.29 is 9.53 Å². The van der Waals surface area contributed by atoms with E-state index in [9.17, 15) is 9.59 Å². The van der Waals surface area contributed by atoms with Crippen molar-refractivity contribution in [3.05, 3.63) is 45.3 Å². The summed E-state index contributed by atoms with van der Waals surface area (Å²) in [5.41, 5.74) is 1.71. The number of carbonyl (C=O) groups excluding carboxylic acids is 1. The van der Waals surface area contributed by atoms with Gasteiger partial charge < -0.3 is 9.64 Å². The minimum absolute atomic E-state index is 0.00406. The normalized spacial score (nSPS) is 14.3. The molecule has 1 fully saturated rings. The Hall–Kier alpha value is -2.67. The largest absolute Gasteiger partial charge is 0.494 e. The maximum atomic E-state index is 13.5. The summed E-state index contributed by atoms with van der Waals surface area (Å²) in [6.07, 6.45) is 3.22. The van der Waals surface area contributed by atoms with Gasteiger partial charge in [-0.1, -0.05) is 12.1 Å². The van der Waals surface area contributed by atoms with Crippen LogP contribution in [0.25, 0.3) is 21.3 Å². The molecule has 0 bridgehead atoms. The molecule has 158 valence electrons. The Morgan fingerprint density at radius 1 is 1.13 bits per heavy atom. The van der Waals surface area contributed by atoms with Gasteiger partial charge in [0.2, 0.25) is 5.91 Å². The Morgan fingerprint density at radius 3 is 2.50 bits per heavy atom. The Labute approximate surface area is 180 Å². The molecule has 7 heteroatoms. The van der Waals surface area contributed by atoms with E-state index in [1.54, 1.807) is 6.92 Å². The maximum Gasteiger partial charge on any atom is 0.263 e. The molecule has 3 heterocycles. The van der Waals surface area contributed by atoms with Crippen LogP contribution in [-0.4, -0.2) is 40.1 Å². The van der Waals surface area contributed by atoms with E-state index in [2.05, 4.69) is 4.98 Å². The van der Waals surface area contributed by atoms with Crippen LogP contribution >= 0.6 is 11.3 Å². The fourth-order valence-electron chi connectivity index (χ4n) is 4.09. The zero-order valence-corrected chi connectivity index (χ0v) is 18.6. The fraction of sp³-hybridized carbons (Fsp3) is 0.435. The van der Waals surface area contributed by atoms with Crippen LogP contribution in [0.15, 0.2) is 29.1 Å². The van der Waals surface area contributed by atoms with Crippen LogP contribution in [0.1, 0.15) is 36.9 Å². The van der Waals surface area contributed by atoms with Crippen molar-refractivity contribution in [3.8, 4) is 16.9 Å². The number of ether oxygens (including phenoxy) is 1. The van der Waals surface area contributed by atoms with Gasteiger partial charge >= 0.3 is 0 Å². The maximum absolute atomic E-state index is 13.5. The lowest BCUT2D eigenvalue weighted by molar-refractivity contribution is -0.132. The highest BCUT2D eigenvalue weighted by Crippen LogP contribution is 2.36. The van der Waals surface area contributed by atoms with E-state index in [-0.39, 0.29) is 18.0 Å². The van der Waals surface area contributed by atoms with Crippen molar-refractivity contribution in [2.75, 3.05) is 19.7 Å². The lowest BCUT2D eigenvalue weighted by Crippen LogP contribution is -2.40. The molecule has 0 spiro atoms. The highest BCUT2D eigenvalue weighted by atomic mass is 32.1. The van der Waals surface area contributed by atoms with E-state index in [1.165, 1.54) is 15.9 Å². The van der Waals surface area contributed by atoms with Gasteiger partial charge in [0.05, 0.1) is 12.0 Å². The van der Waals surface area contributed by atoms with Crippen molar-refractivity contribution in [1.82, 2.24) is 14.5 Å². The van der Waals surface area contributed by atoms with Crippen LogP contribution in [0.3, 0.4) is 0 Å². The highest BCUT2D eigenvalue weighted by Gasteiger charge is 2.22. The monoisotopic (exact) mass is 425 g/mol. The number of hydrogen-bond donors (Lipinski definition) is 0. The SMILES string of the molecule is CCOc1ccc(-c2c(C)sc3nc(C)n(CC(=O)N4CCCCC4)c(=O)c23)cc1. The van der Waals surface area contributed by atoms with Gasteiger partial charge in [-0.3, -0.25) is 14.2 Å². The van der Waals surface area contributed by atoms with Crippen molar-refractivity contribution in [2.45, 2.75) is 46.6 Å². The number of piperidine rings is 1. The highest BCUT2D eigenvalue weighted by molar-refractivity contribution is 7.19. The number of fused-ring (bicyclic) bond motifs is 1. The molecule has 1 aliphatic heterocycles. The first-order valence-electron chi connectivity index (χ1n) is 10.5. The van der Waals surface area contributed by atoms with E-state index in [0.717, 1.165) is 58.9 Å². The van der Waals surface area contributed by atoms with Gasteiger partial charge in [-0.2, -0.15) is 0 Å². The molecule has 1 saturated heterocycles. The second kappa shape index (κ2) is 8.60. The third-order valence-electron chi connectivity index (χ3n) is 5.63. The first-order valence-corrected chi connectivity index (χ1v) is 11.3. The van der Waals surface area contributed by atoms with E-state index in [1.807, 2.05) is 43.0 Å². The number of benzene rings is 1. The quantitative estimate of drug-likeness (QED) is 0.616. The molecule has 2 aromatic heterocycles. The Morgan fingerprint density at radius 2 is 1.83 bits per heavy atom. The van der Waals surface area contributed by atoms with Gasteiger partial charge in [0.15, 0.2) is 0 Å². The summed E-state index contributed by atoms with van der Waals surface area (Å²) < 4.78 is 7.07. The molecular weight excluding hydrogens is 398 g/mol. The molecule has 0 N–H and O–H groups in total. The van der Waals surface area contributed by atoms with Gasteiger partial charge in [0.25, 0.3) is 5.56 Å². The molecule has 0 aliphatic carbocycles. The molecule has 0 radical (unpaired) electrons. The van der Waals surface area contributed by atoms with Gasteiger partial charge in [0.1, 0.15) is 22.9 Å². The van der Waals surface area contributed by atoms with Gasteiger partial charge in [-0.15, -0.1) is 11.3 Å². The lowest BCUT2D eigenvalue weighted by Gasteiger charge is -2.27. The number of rotatable bonds is 5. The summed E-state index contributed by atoms with van der Waals surface area (Å²) in [5, 5.41) is 0.596. The Kier molecular flexibility index (Phi) is 5.90. The molecule has 3 aromatic rings. The van der Waals surface area contributed by atoms with Crippen LogP contribution in [0, 0.1) is 13.8 Å². The van der Waals surface area contributed by atoms with Crippen molar-refractivity contribution in [1.29, 1.82) is 0 Å². The number of nitrogens with zero attached hydrogens (tertiary/aromatic N) is 3. The van der Waals surface area contributed by atoms with E-state index < -0.39 is 0 Å². The minimum Gasteiger partial charge on any atom is -0.494 e. The molecular formula is C23H27N3O3S. The average molecular weight is 426 g/mol. The standard InChI is InChI=1S/C23H27N3O3S/c1-4-29-18-10-8-17(9-11-18)20-15(2)30-22-21(20)23(28)26(16(3)24-22)14-19(27)25-12-6-5-7-13-25/h8-11H,4-7,12-14H2,1-3H3. The number of carbonyl (C=O) groups is 1. The zero-order valence-electron chi connectivity index (χ0n) is 17.7. The molecule has 1 aliphatic rings. The van der Waals surface area contributed by atoms with Crippen molar-refractivity contribution >= 4 is 27.5 Å². The number of aryl methyl sites for hydroxylation is 2. The van der Waals surface area contributed by atoms with Crippen LogP contribution in [0.5, 0.6) is 5.75 Å². The third kappa shape index (κ3) is 3.86. The zero-order chi connectivity index (χ0) is 21.3. The summed E-state index contributed by atoms with van der Waals surface area (Å²) in [5.74, 6) is 1.38.